The Labute approximate surface area is 107 Å². The van der Waals surface area contributed by atoms with E-state index in [1.54, 1.807) is 18.3 Å². The smallest absolute Gasteiger partial charge is 0.236 e. The molecule has 0 bridgehead atoms. The van der Waals surface area contributed by atoms with Gasteiger partial charge in [-0.25, -0.2) is 0 Å². The molecule has 16 heavy (non-hydrogen) atoms. The largest absolute Gasteiger partial charge is 0.352 e. The minimum atomic E-state index is -0.433. The summed E-state index contributed by atoms with van der Waals surface area (Å²) in [5, 5.41) is 2.88. The van der Waals surface area contributed by atoms with Crippen molar-refractivity contribution in [1.29, 1.82) is 0 Å². The van der Waals surface area contributed by atoms with Crippen LogP contribution in [0.3, 0.4) is 0 Å². The van der Waals surface area contributed by atoms with Crippen LogP contribution in [0.4, 0.5) is 0 Å². The van der Waals surface area contributed by atoms with Crippen molar-refractivity contribution in [2.45, 2.75) is 39.3 Å². The summed E-state index contributed by atoms with van der Waals surface area (Å²) in [6, 6.07) is 3.91. The summed E-state index contributed by atoms with van der Waals surface area (Å²) in [4.78, 5) is 13.9. The molecule has 2 atom stereocenters. The molecule has 1 heterocycles. The monoisotopic (exact) mass is 262 g/mol. The fourth-order valence-corrected chi connectivity index (χ4v) is 2.34. The molecule has 0 fully saturated rings. The maximum absolute atomic E-state index is 11.3. The lowest BCUT2D eigenvalue weighted by Crippen LogP contribution is -2.43. The van der Waals surface area contributed by atoms with Gasteiger partial charge in [0.05, 0.1) is 6.04 Å². The molecule has 0 aliphatic rings. The lowest BCUT2D eigenvalue weighted by atomic mass is 10.2. The number of nitrogens with one attached hydrogen (secondary N) is 1. The zero-order valence-corrected chi connectivity index (χ0v) is 11.5. The van der Waals surface area contributed by atoms with Crippen molar-refractivity contribution in [1.82, 2.24) is 5.32 Å². The first-order chi connectivity index (χ1) is 6.99. The second kappa shape index (κ2) is 6.89. The number of carbonyl (C=O) groups excluding carboxylic acids is 1. The summed E-state index contributed by atoms with van der Waals surface area (Å²) < 4.78 is 0. The lowest BCUT2D eigenvalue weighted by molar-refractivity contribution is -0.122. The van der Waals surface area contributed by atoms with Crippen molar-refractivity contribution in [3.8, 4) is 0 Å². The van der Waals surface area contributed by atoms with E-state index < -0.39 is 6.04 Å². The number of hydrogen-bond donors (Lipinski definition) is 2. The molecule has 0 aliphatic carbocycles. The predicted octanol–water partition coefficient (Wildman–Crippen LogP) is 1.87. The summed E-state index contributed by atoms with van der Waals surface area (Å²) >= 11 is 1.77. The summed E-state index contributed by atoms with van der Waals surface area (Å²) in [5.74, 6) is -0.0872. The molecule has 92 valence electrons. The second-order valence-corrected chi connectivity index (χ2v) is 5.29. The highest BCUT2D eigenvalue weighted by atomic mass is 35.5. The highest BCUT2D eigenvalue weighted by molar-refractivity contribution is 7.11. The van der Waals surface area contributed by atoms with Gasteiger partial charge in [-0.1, -0.05) is 0 Å². The fourth-order valence-electron chi connectivity index (χ4n) is 1.32. The van der Waals surface area contributed by atoms with Gasteiger partial charge in [0.2, 0.25) is 5.91 Å². The first-order valence-corrected chi connectivity index (χ1v) is 5.92. The summed E-state index contributed by atoms with van der Waals surface area (Å²) in [6.45, 7) is 5.77. The molecule has 1 aromatic heterocycles. The molecule has 1 rings (SSSR count). The Morgan fingerprint density at radius 2 is 2.12 bits per heavy atom. The maximum atomic E-state index is 11.3. The summed E-state index contributed by atoms with van der Waals surface area (Å²) in [5.41, 5.74) is 5.47. The molecule has 0 spiro atoms. The molecule has 0 saturated carbocycles. The Balaban J connectivity index is 0.00000225. The van der Waals surface area contributed by atoms with Crippen LogP contribution in [0.2, 0.25) is 0 Å². The average molecular weight is 263 g/mol. The molecular weight excluding hydrogens is 244 g/mol. The number of hydrogen-bond acceptors (Lipinski definition) is 3. The first kappa shape index (κ1) is 15.4. The molecule has 0 radical (unpaired) electrons. The van der Waals surface area contributed by atoms with Crippen LogP contribution < -0.4 is 11.1 Å². The van der Waals surface area contributed by atoms with Gasteiger partial charge in [0, 0.05) is 22.2 Å². The molecule has 0 aliphatic heterocycles. The number of rotatable bonds is 4. The highest BCUT2D eigenvalue weighted by Gasteiger charge is 2.11. The Bertz CT molecular complexity index is 338. The third-order valence-electron chi connectivity index (χ3n) is 2.11. The van der Waals surface area contributed by atoms with Gasteiger partial charge in [-0.15, -0.1) is 23.7 Å². The van der Waals surface area contributed by atoms with Gasteiger partial charge in [0.25, 0.3) is 0 Å². The maximum Gasteiger partial charge on any atom is 0.236 e. The minimum absolute atomic E-state index is 0. The van der Waals surface area contributed by atoms with Gasteiger partial charge in [0.15, 0.2) is 0 Å². The summed E-state index contributed by atoms with van der Waals surface area (Å²) in [7, 11) is 0. The van der Waals surface area contributed by atoms with Crippen molar-refractivity contribution in [2.24, 2.45) is 5.73 Å². The van der Waals surface area contributed by atoms with E-state index in [4.69, 9.17) is 5.73 Å². The minimum Gasteiger partial charge on any atom is -0.352 e. The molecule has 5 heteroatoms. The third-order valence-corrected chi connectivity index (χ3v) is 3.13. The number of amides is 1. The molecule has 3 N–H and O–H groups in total. The quantitative estimate of drug-likeness (QED) is 0.871. The normalized spacial score (nSPS) is 13.8. The van der Waals surface area contributed by atoms with Crippen LogP contribution in [0.25, 0.3) is 0 Å². The molecule has 0 aromatic carbocycles. The standard InChI is InChI=1S/C11H18N2OS.ClH/c1-7(13-11(14)9(3)12)6-10-5-4-8(2)15-10;/h4-5,7,9H,6,12H2,1-3H3,(H,13,14);1H/t7?,9-;/m1./s1. The van der Waals surface area contributed by atoms with Crippen LogP contribution in [0.5, 0.6) is 0 Å². The van der Waals surface area contributed by atoms with Crippen molar-refractivity contribution in [3.63, 3.8) is 0 Å². The van der Waals surface area contributed by atoms with E-state index in [0.29, 0.717) is 0 Å². The number of carbonyl (C=O) groups is 1. The van der Waals surface area contributed by atoms with E-state index in [0.717, 1.165) is 6.42 Å². The zero-order chi connectivity index (χ0) is 11.4. The van der Waals surface area contributed by atoms with Crippen molar-refractivity contribution in [3.05, 3.63) is 21.9 Å². The SMILES string of the molecule is Cc1ccc(CC(C)NC(=O)[C@@H](C)N)s1.Cl. The van der Waals surface area contributed by atoms with Crippen LogP contribution >= 0.6 is 23.7 Å². The molecule has 1 amide bonds. The van der Waals surface area contributed by atoms with E-state index in [1.807, 2.05) is 6.92 Å². The van der Waals surface area contributed by atoms with Crippen molar-refractivity contribution in [2.75, 3.05) is 0 Å². The van der Waals surface area contributed by atoms with E-state index >= 15 is 0 Å². The number of aryl methyl sites for hydroxylation is 1. The van der Waals surface area contributed by atoms with E-state index in [9.17, 15) is 4.79 Å². The van der Waals surface area contributed by atoms with E-state index in [1.165, 1.54) is 9.75 Å². The van der Waals surface area contributed by atoms with E-state index in [-0.39, 0.29) is 24.4 Å². The van der Waals surface area contributed by atoms with Gasteiger partial charge in [-0.05, 0) is 32.9 Å². The van der Waals surface area contributed by atoms with Gasteiger partial charge >= 0.3 is 0 Å². The average Bonchev–Trinajstić information content (AvgIpc) is 2.50. The van der Waals surface area contributed by atoms with Crippen molar-refractivity contribution < 1.29 is 4.79 Å². The number of halogens is 1. The van der Waals surface area contributed by atoms with Crippen LogP contribution in [-0.4, -0.2) is 18.0 Å². The van der Waals surface area contributed by atoms with Gasteiger partial charge < -0.3 is 11.1 Å². The first-order valence-electron chi connectivity index (χ1n) is 5.10. The number of nitrogens with two attached hydrogens (primary N) is 1. The van der Waals surface area contributed by atoms with Crippen LogP contribution in [0, 0.1) is 6.92 Å². The molecular formula is C11H19ClN2OS. The van der Waals surface area contributed by atoms with Crippen LogP contribution in [0.1, 0.15) is 23.6 Å². The van der Waals surface area contributed by atoms with Crippen molar-refractivity contribution >= 4 is 29.7 Å². The lowest BCUT2D eigenvalue weighted by Gasteiger charge is -2.14. The highest BCUT2D eigenvalue weighted by Crippen LogP contribution is 2.16. The number of thiophene rings is 1. The Morgan fingerprint density at radius 3 is 2.56 bits per heavy atom. The Morgan fingerprint density at radius 1 is 1.50 bits per heavy atom. The molecule has 1 aromatic rings. The topological polar surface area (TPSA) is 55.1 Å². The van der Waals surface area contributed by atoms with Gasteiger partial charge in [-0.3, -0.25) is 4.79 Å². The van der Waals surface area contributed by atoms with Crippen LogP contribution in [-0.2, 0) is 11.2 Å². The summed E-state index contributed by atoms with van der Waals surface area (Å²) in [6.07, 6.45) is 0.872. The third kappa shape index (κ3) is 4.96. The van der Waals surface area contributed by atoms with Crippen LogP contribution in [0.15, 0.2) is 12.1 Å². The van der Waals surface area contributed by atoms with Gasteiger partial charge in [-0.2, -0.15) is 0 Å². The van der Waals surface area contributed by atoms with E-state index in [2.05, 4.69) is 24.4 Å². The predicted molar refractivity (Wildman–Crippen MR) is 71.3 cm³/mol. The fraction of sp³-hybridized carbons (Fsp3) is 0.545. The van der Waals surface area contributed by atoms with Gasteiger partial charge in [0.1, 0.15) is 0 Å². The Kier molecular flexibility index (Phi) is 6.64. The molecule has 1 unspecified atom stereocenters. The zero-order valence-electron chi connectivity index (χ0n) is 9.82. The Hall–Kier alpha value is -0.580. The molecule has 3 nitrogen and oxygen atoms in total. The molecule has 0 saturated heterocycles. The second-order valence-electron chi connectivity index (χ2n) is 3.91.